The highest BCUT2D eigenvalue weighted by Crippen LogP contribution is 2.56. The number of carbonyl (C=O) groups excluding carboxylic acids is 5. The van der Waals surface area contributed by atoms with Crippen molar-refractivity contribution >= 4 is 80.7 Å². The number of ether oxygens (including phenoxy) is 1. The number of fused-ring (bicyclic) bond motifs is 1. The molecule has 1 aliphatic rings. The van der Waals surface area contributed by atoms with Gasteiger partial charge in [0.05, 0.1) is 40.2 Å². The lowest BCUT2D eigenvalue weighted by Gasteiger charge is -2.36. The van der Waals surface area contributed by atoms with Crippen LogP contribution in [0.5, 0.6) is 0 Å². The molecule has 26 nitrogen and oxygen atoms in total. The summed E-state index contributed by atoms with van der Waals surface area (Å²) in [6.07, 6.45) is -7.21. The number of nitrogens with two attached hydrogens (primary N) is 1. The molecule has 4 rings (SSSR count). The number of nitrogen functional groups attached to an aromatic ring is 1. The third-order valence-corrected chi connectivity index (χ3v) is 12.9. The fourth-order valence-electron chi connectivity index (χ4n) is 5.76. The van der Waals surface area contributed by atoms with Crippen LogP contribution in [0.25, 0.3) is 11.2 Å². The highest BCUT2D eigenvalue weighted by Gasteiger charge is 2.55. The van der Waals surface area contributed by atoms with E-state index >= 15 is 0 Å². The Kier molecular flexibility index (Phi) is 17.6. The van der Waals surface area contributed by atoms with Crippen molar-refractivity contribution in [1.29, 1.82) is 0 Å². The molecule has 0 radical (unpaired) electrons. The molecule has 0 bridgehead atoms. The van der Waals surface area contributed by atoms with E-state index < -0.39 is 114 Å². The molecule has 2 amide bonds. The Bertz CT molecular complexity index is 2300. The minimum absolute atomic E-state index is 0.0141. The quantitative estimate of drug-likeness (QED) is 0.0269. The number of nitrogens with one attached hydrogen (secondary N) is 2. The Balaban J connectivity index is 1.19. The standard InChI is InChI=1S/C33H46N7O19P3S/c1-32(2,28(46)31(47)36-10-9-23(43)35-11-12-63-24(44)14-20(41)13-21(42)19-7-5-4-6-8-19)16-56-62(53,54)59-61(51,52)55-15-22-26(58-60(48,49)50)27(45)33(3,57-22)40-18-39-25-29(34)37-17-38-30(25)40/h4-8,17-18,22,26-28,45-46H,9-16H2,1-3H3,(H,35,43)(H,36,47)(H,51,52)(H,53,54)(H2,34,37,38)(H2,48,49,50)/p-4. The number of aliphatic hydroxyl groups excluding tert-OH is 2. The summed E-state index contributed by atoms with van der Waals surface area (Å²) in [5, 5.41) is 25.9. The average molecular weight is 966 g/mol. The second-order valence-corrected chi connectivity index (χ2v) is 19.7. The normalized spacial score (nSPS) is 21.6. The lowest BCUT2D eigenvalue weighted by Crippen LogP contribution is -2.46. The second kappa shape index (κ2) is 21.4. The summed E-state index contributed by atoms with van der Waals surface area (Å²) >= 11 is 0.777. The van der Waals surface area contributed by atoms with Crippen LogP contribution in [0, 0.1) is 5.41 Å². The molecule has 2 aromatic heterocycles. The molecule has 7 unspecified atom stereocenters. The van der Waals surface area contributed by atoms with E-state index in [1.165, 1.54) is 13.8 Å². The summed E-state index contributed by atoms with van der Waals surface area (Å²) in [5.41, 5.74) is 2.28. The fourth-order valence-corrected chi connectivity index (χ4v) is 9.19. The van der Waals surface area contributed by atoms with Crippen LogP contribution in [0.3, 0.4) is 0 Å². The van der Waals surface area contributed by atoms with Crippen LogP contribution in [0.2, 0.25) is 0 Å². The number of aromatic nitrogens is 4. The number of nitrogens with zero attached hydrogens (tertiary/aromatic N) is 4. The highest BCUT2D eigenvalue weighted by molar-refractivity contribution is 8.13. The number of aliphatic hydroxyl groups is 2. The number of phosphoric ester groups is 3. The Labute approximate surface area is 362 Å². The van der Waals surface area contributed by atoms with Crippen LogP contribution in [0.4, 0.5) is 5.82 Å². The van der Waals surface area contributed by atoms with Crippen molar-refractivity contribution in [3.63, 3.8) is 0 Å². The van der Waals surface area contributed by atoms with Crippen molar-refractivity contribution in [3.8, 4) is 0 Å². The molecule has 1 aromatic carbocycles. The highest BCUT2D eigenvalue weighted by atomic mass is 32.2. The monoisotopic (exact) mass is 965 g/mol. The maximum absolute atomic E-state index is 12.6. The van der Waals surface area contributed by atoms with Gasteiger partial charge in [0.25, 0.3) is 15.6 Å². The summed E-state index contributed by atoms with van der Waals surface area (Å²) in [5.74, 6) is -2.59. The maximum atomic E-state index is 12.6. The molecular formula is C33H42N7O19P3S-4. The number of Topliss-reactive ketones (excluding diaryl/α,β-unsaturated/α-hetero) is 2. The maximum Gasteiger partial charge on any atom is 0.274 e. The topological polar surface area (TPSA) is 409 Å². The van der Waals surface area contributed by atoms with Crippen molar-refractivity contribution in [1.82, 2.24) is 30.2 Å². The number of imidazole rings is 1. The second-order valence-electron chi connectivity index (χ2n) is 14.4. The summed E-state index contributed by atoms with van der Waals surface area (Å²) in [6.45, 7) is 0.862. The minimum Gasteiger partial charge on any atom is -0.790 e. The van der Waals surface area contributed by atoms with E-state index in [0.29, 0.717) is 5.56 Å². The van der Waals surface area contributed by atoms with Gasteiger partial charge >= 0.3 is 0 Å². The number of hydrogen-bond donors (Lipinski definition) is 5. The number of rotatable bonds is 24. The van der Waals surface area contributed by atoms with E-state index in [9.17, 15) is 67.5 Å². The van der Waals surface area contributed by atoms with Crippen LogP contribution in [-0.2, 0) is 61.2 Å². The molecule has 0 aliphatic carbocycles. The van der Waals surface area contributed by atoms with Gasteiger partial charge < -0.3 is 69.0 Å². The number of anilines is 1. The number of ketones is 2. The summed E-state index contributed by atoms with van der Waals surface area (Å²) in [4.78, 5) is 121. The Morgan fingerprint density at radius 2 is 1.67 bits per heavy atom. The Hall–Kier alpha value is -3.88. The summed E-state index contributed by atoms with van der Waals surface area (Å²) in [6, 6.07) is 8.11. The van der Waals surface area contributed by atoms with Gasteiger partial charge in [-0.25, -0.2) is 19.3 Å². The van der Waals surface area contributed by atoms with E-state index in [1.807, 2.05) is 0 Å². The lowest BCUT2D eigenvalue weighted by atomic mass is 9.87. The first-order valence-electron chi connectivity index (χ1n) is 18.3. The van der Waals surface area contributed by atoms with Crippen LogP contribution >= 0.6 is 35.2 Å². The molecule has 0 spiro atoms. The van der Waals surface area contributed by atoms with Gasteiger partial charge in [-0.15, -0.1) is 0 Å². The summed E-state index contributed by atoms with van der Waals surface area (Å²) in [7, 11) is -17.8. The number of benzene rings is 1. The number of amides is 2. The van der Waals surface area contributed by atoms with Gasteiger partial charge in [0.1, 0.15) is 42.0 Å². The molecule has 0 saturated carbocycles. The van der Waals surface area contributed by atoms with E-state index in [1.54, 1.807) is 30.3 Å². The predicted molar refractivity (Wildman–Crippen MR) is 208 cm³/mol. The van der Waals surface area contributed by atoms with Gasteiger partial charge in [-0.3, -0.25) is 37.7 Å². The van der Waals surface area contributed by atoms with E-state index in [0.717, 1.165) is 35.9 Å². The van der Waals surface area contributed by atoms with E-state index in [-0.39, 0.29) is 42.2 Å². The van der Waals surface area contributed by atoms with Crippen molar-refractivity contribution in [2.45, 2.75) is 70.2 Å². The van der Waals surface area contributed by atoms with Crippen molar-refractivity contribution in [2.75, 3.05) is 37.8 Å². The lowest BCUT2D eigenvalue weighted by molar-refractivity contribution is -0.347. The third kappa shape index (κ3) is 14.8. The zero-order valence-corrected chi connectivity index (χ0v) is 37.0. The zero-order chi connectivity index (χ0) is 47.0. The molecule has 1 fully saturated rings. The number of hydrogen-bond acceptors (Lipinski definition) is 24. The SMILES string of the molecule is CC(C)(COP(=O)([O-])OP(=O)([O-])OCC1OC(C)(n2cnc3c(N)ncnc32)C(O)C1OP(=O)([O-])[O-])C(O)C(=O)NCCC(=O)NCCSC(=O)CC(=O)CC(=O)c1ccccc1. The molecule has 6 N–H and O–H groups in total. The zero-order valence-electron chi connectivity index (χ0n) is 33.5. The molecule has 1 saturated heterocycles. The molecule has 7 atom stereocenters. The van der Waals surface area contributed by atoms with Crippen molar-refractivity contribution in [3.05, 3.63) is 48.5 Å². The Morgan fingerprint density at radius 3 is 2.33 bits per heavy atom. The van der Waals surface area contributed by atoms with Crippen LogP contribution in [0.1, 0.15) is 50.4 Å². The van der Waals surface area contributed by atoms with Gasteiger partial charge in [-0.1, -0.05) is 55.9 Å². The first kappa shape index (κ1) is 51.8. The van der Waals surface area contributed by atoms with Gasteiger partial charge in [0.15, 0.2) is 28.1 Å². The molecular weight excluding hydrogens is 923 g/mol. The first-order valence-corrected chi connectivity index (χ1v) is 23.7. The largest absolute Gasteiger partial charge is 0.790 e. The van der Waals surface area contributed by atoms with E-state index in [2.05, 4.69) is 43.5 Å². The number of phosphoric acid groups is 3. The van der Waals surface area contributed by atoms with Crippen LogP contribution in [0.15, 0.2) is 43.0 Å². The molecule has 1 aliphatic heterocycles. The number of thioether (sulfide) groups is 1. The van der Waals surface area contributed by atoms with Gasteiger partial charge in [-0.2, -0.15) is 0 Å². The van der Waals surface area contributed by atoms with Gasteiger partial charge in [-0.05, 0) is 6.92 Å². The smallest absolute Gasteiger partial charge is 0.274 e. The molecule has 3 heterocycles. The van der Waals surface area contributed by atoms with Gasteiger partial charge in [0, 0.05) is 36.2 Å². The first-order chi connectivity index (χ1) is 29.2. The van der Waals surface area contributed by atoms with Crippen LogP contribution in [-0.4, -0.2) is 115 Å². The van der Waals surface area contributed by atoms with Gasteiger partial charge in [0.2, 0.25) is 11.8 Å². The fraction of sp³-hybridized carbons (Fsp3) is 0.515. The Morgan fingerprint density at radius 1 is 1.00 bits per heavy atom. The molecule has 3 aromatic rings. The van der Waals surface area contributed by atoms with Crippen LogP contribution < -0.4 is 35.9 Å². The predicted octanol–water partition coefficient (Wildman–Crippen LogP) is -2.46. The molecule has 348 valence electrons. The summed E-state index contributed by atoms with van der Waals surface area (Å²) < 4.78 is 61.1. The average Bonchev–Trinajstić information content (AvgIpc) is 3.74. The molecule has 30 heteroatoms. The third-order valence-electron chi connectivity index (χ3n) is 9.02. The number of carbonyl (C=O) groups is 5. The minimum atomic E-state index is -5.97. The molecule has 63 heavy (non-hydrogen) atoms. The van der Waals surface area contributed by atoms with Crippen molar-refractivity contribution in [2.24, 2.45) is 5.41 Å². The van der Waals surface area contributed by atoms with E-state index in [4.69, 9.17) is 10.5 Å². The van der Waals surface area contributed by atoms with Crippen molar-refractivity contribution < 1.29 is 90.1 Å².